The maximum Gasteiger partial charge on any atom is 0.167 e. The van der Waals surface area contributed by atoms with Crippen LogP contribution in [-0.4, -0.2) is 20.9 Å². The maximum absolute atomic E-state index is 8.68. The van der Waals surface area contributed by atoms with E-state index < -0.39 is 0 Å². The number of hydrogen-bond donors (Lipinski definition) is 1. The zero-order chi connectivity index (χ0) is 12.3. The molecule has 2 heterocycles. The van der Waals surface area contributed by atoms with Crippen molar-refractivity contribution < 1.29 is 0 Å². The fourth-order valence-corrected chi connectivity index (χ4v) is 2.15. The van der Waals surface area contributed by atoms with Crippen molar-refractivity contribution in [3.8, 4) is 6.07 Å². The molecule has 0 saturated heterocycles. The molecule has 7 heteroatoms. The molecule has 0 saturated carbocycles. The third-order valence-electron chi connectivity index (χ3n) is 1.89. The number of rotatable bonds is 1. The highest BCUT2D eigenvalue weighted by atomic mass is 35.5. The number of nitrogens with one attached hydrogen (secondary N) is 1. The van der Waals surface area contributed by atoms with E-state index in [0.717, 1.165) is 0 Å². The first-order valence-corrected chi connectivity index (χ1v) is 6.11. The van der Waals surface area contributed by atoms with Gasteiger partial charge in [-0.2, -0.15) is 5.26 Å². The highest BCUT2D eigenvalue weighted by Crippen LogP contribution is 2.18. The minimum absolute atomic E-state index is 0.384. The van der Waals surface area contributed by atoms with Crippen LogP contribution < -0.4 is 5.32 Å². The van der Waals surface area contributed by atoms with Gasteiger partial charge in [-0.25, -0.2) is 15.0 Å². The van der Waals surface area contributed by atoms with E-state index in [1.165, 1.54) is 11.8 Å². The lowest BCUT2D eigenvalue weighted by Crippen LogP contribution is -2.12. The molecule has 0 atom stereocenters. The van der Waals surface area contributed by atoms with Crippen molar-refractivity contribution in [1.29, 1.82) is 5.26 Å². The molecule has 1 aromatic rings. The molecule has 1 N–H and O–H groups in total. The van der Waals surface area contributed by atoms with Crippen LogP contribution in [0.15, 0.2) is 22.8 Å². The standard InChI is InChI=1S/C10H8ClN5S/c1-6-14-8(11)2-9(15-6)16-10-13-4-7(3-12)5-17-10/h2,4H,5H2,1H3,(H,13,14,15,16). The number of halogens is 1. The van der Waals surface area contributed by atoms with Crippen molar-refractivity contribution in [2.24, 2.45) is 4.99 Å². The van der Waals surface area contributed by atoms with Gasteiger partial charge in [-0.05, 0) is 6.92 Å². The van der Waals surface area contributed by atoms with Gasteiger partial charge in [-0.1, -0.05) is 23.4 Å². The number of amidine groups is 1. The predicted octanol–water partition coefficient (Wildman–Crippen LogP) is 2.36. The van der Waals surface area contributed by atoms with Crippen molar-refractivity contribution in [1.82, 2.24) is 9.97 Å². The van der Waals surface area contributed by atoms with Crippen molar-refractivity contribution in [3.63, 3.8) is 0 Å². The van der Waals surface area contributed by atoms with Crippen LogP contribution in [0.4, 0.5) is 5.82 Å². The molecule has 0 radical (unpaired) electrons. The Morgan fingerprint density at radius 1 is 1.53 bits per heavy atom. The molecule has 0 spiro atoms. The molecule has 1 aliphatic heterocycles. The number of aromatic nitrogens is 2. The van der Waals surface area contributed by atoms with Crippen molar-refractivity contribution in [2.45, 2.75) is 6.92 Å². The molecule has 0 bridgehead atoms. The first-order chi connectivity index (χ1) is 8.17. The molecule has 1 aromatic heterocycles. The minimum Gasteiger partial charge on any atom is -0.319 e. The Hall–Kier alpha value is -1.58. The lowest BCUT2D eigenvalue weighted by Gasteiger charge is -2.11. The Bertz CT molecular complexity index is 526. The maximum atomic E-state index is 8.68. The van der Waals surface area contributed by atoms with Gasteiger partial charge in [0.2, 0.25) is 0 Å². The number of hydrogen-bond acceptors (Lipinski definition) is 6. The Kier molecular flexibility index (Phi) is 3.61. The number of aliphatic imine (C=N–C) groups is 1. The minimum atomic E-state index is 0.384. The van der Waals surface area contributed by atoms with E-state index in [1.54, 1.807) is 19.2 Å². The molecule has 1 aliphatic rings. The lowest BCUT2D eigenvalue weighted by molar-refractivity contribution is 1.06. The van der Waals surface area contributed by atoms with Gasteiger partial charge in [0.1, 0.15) is 16.8 Å². The molecule has 0 fully saturated rings. The van der Waals surface area contributed by atoms with Gasteiger partial charge < -0.3 is 5.32 Å². The Morgan fingerprint density at radius 2 is 2.35 bits per heavy atom. The average Bonchev–Trinajstić information content (AvgIpc) is 2.28. The van der Waals surface area contributed by atoms with Crippen LogP contribution in [0.2, 0.25) is 5.15 Å². The van der Waals surface area contributed by atoms with Crippen molar-refractivity contribution in [3.05, 3.63) is 28.8 Å². The van der Waals surface area contributed by atoms with Gasteiger partial charge in [0.15, 0.2) is 5.17 Å². The summed E-state index contributed by atoms with van der Waals surface area (Å²) in [4.78, 5) is 12.3. The molecule has 2 rings (SSSR count). The second-order valence-electron chi connectivity index (χ2n) is 3.24. The molecule has 86 valence electrons. The van der Waals surface area contributed by atoms with E-state index >= 15 is 0 Å². The molecule has 5 nitrogen and oxygen atoms in total. The second kappa shape index (κ2) is 5.17. The molecular weight excluding hydrogens is 258 g/mol. The summed E-state index contributed by atoms with van der Waals surface area (Å²) >= 11 is 7.27. The summed E-state index contributed by atoms with van der Waals surface area (Å²) in [5, 5.41) is 12.8. The summed E-state index contributed by atoms with van der Waals surface area (Å²) in [6.07, 6.45) is 1.55. The molecule has 17 heavy (non-hydrogen) atoms. The van der Waals surface area contributed by atoms with E-state index in [2.05, 4.69) is 26.3 Å². The number of thioether (sulfide) groups is 1. The molecule has 0 aromatic carbocycles. The van der Waals surface area contributed by atoms with Crippen LogP contribution >= 0.6 is 23.4 Å². The predicted molar refractivity (Wildman–Crippen MR) is 69.0 cm³/mol. The largest absolute Gasteiger partial charge is 0.319 e. The van der Waals surface area contributed by atoms with Gasteiger partial charge >= 0.3 is 0 Å². The van der Waals surface area contributed by atoms with Crippen molar-refractivity contribution >= 4 is 34.3 Å². The Morgan fingerprint density at radius 3 is 2.94 bits per heavy atom. The topological polar surface area (TPSA) is 74.0 Å². The van der Waals surface area contributed by atoms with Gasteiger partial charge in [-0.15, -0.1) is 0 Å². The first kappa shape index (κ1) is 11.9. The van der Waals surface area contributed by atoms with Gasteiger partial charge in [0, 0.05) is 18.0 Å². The zero-order valence-electron chi connectivity index (χ0n) is 8.94. The summed E-state index contributed by atoms with van der Waals surface area (Å²) in [5.41, 5.74) is 0.650. The van der Waals surface area contributed by atoms with E-state index in [4.69, 9.17) is 16.9 Å². The van der Waals surface area contributed by atoms with E-state index in [-0.39, 0.29) is 0 Å². The highest BCUT2D eigenvalue weighted by molar-refractivity contribution is 8.14. The van der Waals surface area contributed by atoms with Crippen LogP contribution in [0.1, 0.15) is 5.82 Å². The van der Waals surface area contributed by atoms with Crippen LogP contribution in [0.25, 0.3) is 0 Å². The smallest absolute Gasteiger partial charge is 0.167 e. The number of anilines is 1. The zero-order valence-corrected chi connectivity index (χ0v) is 10.5. The fraction of sp³-hybridized carbons (Fsp3) is 0.200. The number of nitrogens with zero attached hydrogens (tertiary/aromatic N) is 4. The van der Waals surface area contributed by atoms with Gasteiger partial charge in [-0.3, -0.25) is 0 Å². The Labute approximate surface area is 108 Å². The van der Waals surface area contributed by atoms with Crippen LogP contribution in [0.5, 0.6) is 0 Å². The lowest BCUT2D eigenvalue weighted by atomic mass is 10.4. The normalized spacial score (nSPS) is 14.6. The third kappa shape index (κ3) is 3.19. The highest BCUT2D eigenvalue weighted by Gasteiger charge is 2.09. The summed E-state index contributed by atoms with van der Waals surface area (Å²) in [6.45, 7) is 1.76. The summed E-state index contributed by atoms with van der Waals surface area (Å²) in [7, 11) is 0. The molecule has 0 aliphatic carbocycles. The monoisotopic (exact) mass is 265 g/mol. The third-order valence-corrected chi connectivity index (χ3v) is 3.02. The summed E-state index contributed by atoms with van der Waals surface area (Å²) in [5.74, 6) is 1.80. The van der Waals surface area contributed by atoms with Gasteiger partial charge in [0.05, 0.1) is 11.6 Å². The van der Waals surface area contributed by atoms with Gasteiger partial charge in [0.25, 0.3) is 0 Å². The molecule has 0 amide bonds. The average molecular weight is 266 g/mol. The fourth-order valence-electron chi connectivity index (χ4n) is 1.19. The Balaban J connectivity index is 2.15. The first-order valence-electron chi connectivity index (χ1n) is 4.75. The van der Waals surface area contributed by atoms with Crippen LogP contribution in [0, 0.1) is 18.3 Å². The van der Waals surface area contributed by atoms with E-state index in [9.17, 15) is 0 Å². The second-order valence-corrected chi connectivity index (χ2v) is 4.59. The van der Waals surface area contributed by atoms with E-state index in [0.29, 0.717) is 33.3 Å². The van der Waals surface area contributed by atoms with Crippen LogP contribution in [-0.2, 0) is 0 Å². The van der Waals surface area contributed by atoms with Crippen LogP contribution in [0.3, 0.4) is 0 Å². The SMILES string of the molecule is Cc1nc(Cl)cc(NC2=NC=C(C#N)CS2)n1. The van der Waals surface area contributed by atoms with E-state index in [1.807, 2.05) is 0 Å². The summed E-state index contributed by atoms with van der Waals surface area (Å²) < 4.78 is 0. The van der Waals surface area contributed by atoms with Crippen molar-refractivity contribution in [2.75, 3.05) is 11.1 Å². The molecule has 0 unspecified atom stereocenters. The number of aryl methyl sites for hydroxylation is 1. The quantitative estimate of drug-likeness (QED) is 0.789. The number of nitriles is 1. The molecular formula is C10H8ClN5S. The summed E-state index contributed by atoms with van der Waals surface area (Å²) in [6, 6.07) is 3.69.